The molecule has 1 aliphatic carbocycles. The number of rotatable bonds is 5. The molecular weight excluding hydrogens is 602 g/mol. The Morgan fingerprint density at radius 3 is 2.38 bits per heavy atom. The van der Waals surface area contributed by atoms with Gasteiger partial charge in [-0.25, -0.2) is 0 Å². The fourth-order valence-electron chi connectivity index (χ4n) is 6.54. The molecule has 2 aromatic rings. The molecule has 252 valence electrons. The van der Waals surface area contributed by atoms with E-state index < -0.39 is 59.3 Å². The van der Waals surface area contributed by atoms with Gasteiger partial charge in [-0.2, -0.15) is 0 Å². The van der Waals surface area contributed by atoms with Gasteiger partial charge in [0.2, 0.25) is 23.6 Å². The van der Waals surface area contributed by atoms with E-state index in [9.17, 15) is 29.1 Å². The molecular formula is C35H45N5O7. The minimum absolute atomic E-state index is 0.0795. The average Bonchev–Trinajstić information content (AvgIpc) is 3.57. The van der Waals surface area contributed by atoms with Crippen LogP contribution in [0.3, 0.4) is 0 Å². The van der Waals surface area contributed by atoms with E-state index >= 15 is 0 Å². The first-order chi connectivity index (χ1) is 22.6. The Balaban J connectivity index is 1.36. The number of carbonyl (C=O) groups is 5. The lowest BCUT2D eigenvalue weighted by Crippen LogP contribution is -2.58. The zero-order chi connectivity index (χ0) is 33.4. The summed E-state index contributed by atoms with van der Waals surface area (Å²) in [6.07, 6.45) is 5.38. The van der Waals surface area contributed by atoms with E-state index in [0.29, 0.717) is 38.0 Å². The van der Waals surface area contributed by atoms with E-state index in [1.807, 2.05) is 30.3 Å². The van der Waals surface area contributed by atoms with E-state index in [2.05, 4.69) is 21.3 Å². The molecule has 0 spiro atoms. The molecule has 2 aromatic carbocycles. The van der Waals surface area contributed by atoms with Crippen LogP contribution in [0, 0.1) is 0 Å². The van der Waals surface area contributed by atoms with Gasteiger partial charge in [-0.05, 0) is 55.9 Å². The fourth-order valence-corrected chi connectivity index (χ4v) is 6.54. The molecule has 5 N–H and O–H groups in total. The van der Waals surface area contributed by atoms with E-state index in [1.165, 1.54) is 11.8 Å². The summed E-state index contributed by atoms with van der Waals surface area (Å²) in [6.45, 7) is 1.61. The molecule has 1 saturated heterocycles. The van der Waals surface area contributed by atoms with Crippen molar-refractivity contribution in [3.05, 3.63) is 65.7 Å². The summed E-state index contributed by atoms with van der Waals surface area (Å²) < 4.78 is 5.72. The van der Waals surface area contributed by atoms with Crippen LogP contribution in [0.5, 0.6) is 5.75 Å². The minimum atomic E-state index is -1.00. The molecule has 5 amide bonds. The highest BCUT2D eigenvalue weighted by Crippen LogP contribution is 2.27. The molecule has 3 heterocycles. The van der Waals surface area contributed by atoms with Crippen LogP contribution < -0.4 is 26.0 Å². The van der Waals surface area contributed by atoms with Crippen LogP contribution in [0.15, 0.2) is 54.6 Å². The van der Waals surface area contributed by atoms with Crippen molar-refractivity contribution < 1.29 is 33.8 Å². The summed E-state index contributed by atoms with van der Waals surface area (Å²) in [4.78, 5) is 68.6. The summed E-state index contributed by atoms with van der Waals surface area (Å²) >= 11 is 0. The highest BCUT2D eigenvalue weighted by molar-refractivity contribution is 5.96. The molecule has 2 fully saturated rings. The second-order valence-corrected chi connectivity index (χ2v) is 12.9. The maximum atomic E-state index is 13.9. The predicted molar refractivity (Wildman–Crippen MR) is 173 cm³/mol. The first kappa shape index (κ1) is 33.9. The highest BCUT2D eigenvalue weighted by Gasteiger charge is 2.39. The first-order valence-electron chi connectivity index (χ1n) is 16.6. The summed E-state index contributed by atoms with van der Waals surface area (Å²) in [5, 5.41) is 22.1. The van der Waals surface area contributed by atoms with Crippen molar-refractivity contribution >= 4 is 29.5 Å². The molecule has 3 aliphatic heterocycles. The Hall–Kier alpha value is -4.45. The molecule has 12 heteroatoms. The number of benzene rings is 2. The van der Waals surface area contributed by atoms with Crippen LogP contribution in [0.1, 0.15) is 63.0 Å². The van der Waals surface area contributed by atoms with Gasteiger partial charge in [-0.3, -0.25) is 24.0 Å². The molecule has 0 aromatic heterocycles. The smallest absolute Gasteiger partial charge is 0.258 e. The minimum Gasteiger partial charge on any atom is -0.484 e. The normalized spacial score (nSPS) is 25.6. The van der Waals surface area contributed by atoms with Crippen LogP contribution in [-0.2, 0) is 36.8 Å². The zero-order valence-electron chi connectivity index (χ0n) is 26.8. The molecule has 4 aliphatic rings. The molecule has 12 nitrogen and oxygen atoms in total. The molecule has 2 bridgehead atoms. The van der Waals surface area contributed by atoms with Gasteiger partial charge < -0.3 is 36.0 Å². The molecule has 6 rings (SSSR count). The number of hydrogen-bond donors (Lipinski definition) is 5. The lowest BCUT2D eigenvalue weighted by atomic mass is 9.85. The Morgan fingerprint density at radius 1 is 0.936 bits per heavy atom. The topological polar surface area (TPSA) is 166 Å². The third-order valence-electron chi connectivity index (χ3n) is 9.25. The SMILES string of the molecule is C[C@@H]1NC(=O)[C@H]2CCCN2C(=O)[C@@H](Cc2ccccc2)NC(=O)COc2ccc(cc2)C[C@H](C(=O)NCC2(O)CCCCC2)NC1=O. The van der Waals surface area contributed by atoms with Crippen molar-refractivity contribution in [2.45, 2.75) is 94.5 Å². The number of nitrogens with one attached hydrogen (secondary N) is 4. The fraction of sp³-hybridized carbons (Fsp3) is 0.514. The van der Waals surface area contributed by atoms with Crippen LogP contribution in [-0.4, -0.2) is 89.0 Å². The number of ether oxygens (including phenoxy) is 1. The third-order valence-corrected chi connectivity index (χ3v) is 9.25. The first-order valence-corrected chi connectivity index (χ1v) is 16.6. The maximum Gasteiger partial charge on any atom is 0.258 e. The predicted octanol–water partition coefficient (Wildman–Crippen LogP) is 1.14. The van der Waals surface area contributed by atoms with E-state index in [4.69, 9.17) is 4.74 Å². The lowest BCUT2D eigenvalue weighted by Gasteiger charge is -2.33. The number of nitrogens with zero attached hydrogens (tertiary/aromatic N) is 1. The molecule has 4 atom stereocenters. The van der Waals surface area contributed by atoms with Gasteiger partial charge >= 0.3 is 0 Å². The van der Waals surface area contributed by atoms with Gasteiger partial charge in [0.25, 0.3) is 5.91 Å². The van der Waals surface area contributed by atoms with Gasteiger partial charge in [-0.15, -0.1) is 0 Å². The van der Waals surface area contributed by atoms with Crippen molar-refractivity contribution in [1.29, 1.82) is 0 Å². The van der Waals surface area contributed by atoms with E-state index in [-0.39, 0.29) is 26.0 Å². The van der Waals surface area contributed by atoms with Gasteiger partial charge in [0.1, 0.15) is 29.9 Å². The molecule has 0 unspecified atom stereocenters. The molecule has 0 radical (unpaired) electrons. The van der Waals surface area contributed by atoms with Gasteiger partial charge in [-0.1, -0.05) is 61.7 Å². The lowest BCUT2D eigenvalue weighted by molar-refractivity contribution is -0.142. The number of carbonyl (C=O) groups excluding carboxylic acids is 5. The monoisotopic (exact) mass is 647 g/mol. The average molecular weight is 648 g/mol. The Labute approximate surface area is 275 Å². The van der Waals surface area contributed by atoms with Gasteiger partial charge in [0.15, 0.2) is 6.61 Å². The summed E-state index contributed by atoms with van der Waals surface area (Å²) in [6, 6.07) is 12.4. The Morgan fingerprint density at radius 2 is 1.66 bits per heavy atom. The standard InChI is InChI=1S/C35H45N5O7/c1-23-31(42)39-27(32(43)36-22-35(46)16-6-3-7-17-35)19-25-12-14-26(15-13-25)47-21-30(41)38-28(20-24-9-4-2-5-10-24)34(45)40-18-8-11-29(40)33(44)37-23/h2,4-5,9-10,12-15,23,27-29,46H,3,6-8,11,16-22H2,1H3,(H,36,43)(H,37,44)(H,38,41)(H,39,42)/t23-,27+,28+,29+/m0/s1. The number of fused-ring (bicyclic) bond motifs is 13. The molecule has 47 heavy (non-hydrogen) atoms. The van der Waals surface area contributed by atoms with Crippen molar-refractivity contribution in [2.75, 3.05) is 19.7 Å². The largest absolute Gasteiger partial charge is 0.484 e. The van der Waals surface area contributed by atoms with Crippen LogP contribution >= 0.6 is 0 Å². The van der Waals surface area contributed by atoms with Crippen LogP contribution in [0.25, 0.3) is 0 Å². The van der Waals surface area contributed by atoms with Crippen LogP contribution in [0.4, 0.5) is 0 Å². The van der Waals surface area contributed by atoms with E-state index in [0.717, 1.165) is 30.4 Å². The second-order valence-electron chi connectivity index (χ2n) is 12.9. The Kier molecular flexibility index (Phi) is 11.1. The quantitative estimate of drug-likeness (QED) is 0.325. The summed E-state index contributed by atoms with van der Waals surface area (Å²) in [5.74, 6) is -1.95. The third kappa shape index (κ3) is 9.09. The Bertz CT molecular complexity index is 1430. The van der Waals surface area contributed by atoms with Crippen LogP contribution in [0.2, 0.25) is 0 Å². The van der Waals surface area contributed by atoms with Gasteiger partial charge in [0.05, 0.1) is 5.60 Å². The summed E-state index contributed by atoms with van der Waals surface area (Å²) in [5.41, 5.74) is 0.588. The number of amides is 5. The van der Waals surface area contributed by atoms with Crippen molar-refractivity contribution in [3.8, 4) is 5.75 Å². The van der Waals surface area contributed by atoms with Gasteiger partial charge in [0, 0.05) is 25.9 Å². The van der Waals surface area contributed by atoms with Crippen molar-refractivity contribution in [1.82, 2.24) is 26.2 Å². The number of aliphatic hydroxyl groups is 1. The zero-order valence-corrected chi connectivity index (χ0v) is 26.8. The van der Waals surface area contributed by atoms with Crippen molar-refractivity contribution in [3.63, 3.8) is 0 Å². The molecule has 1 saturated carbocycles. The summed E-state index contributed by atoms with van der Waals surface area (Å²) in [7, 11) is 0. The van der Waals surface area contributed by atoms with Crippen molar-refractivity contribution in [2.24, 2.45) is 0 Å². The number of hydrogen-bond acceptors (Lipinski definition) is 7. The highest BCUT2D eigenvalue weighted by atomic mass is 16.5. The maximum absolute atomic E-state index is 13.9. The second kappa shape index (κ2) is 15.4. The van der Waals surface area contributed by atoms with E-state index in [1.54, 1.807) is 24.3 Å².